The number of nitrogens with zero attached hydrogens (tertiary/aromatic N) is 3. The molecule has 1 heterocycles. The Morgan fingerprint density at radius 1 is 1.03 bits per heavy atom. The minimum Gasteiger partial charge on any atom is -0.342 e. The van der Waals surface area contributed by atoms with Crippen molar-refractivity contribution in [2.75, 3.05) is 11.1 Å². The van der Waals surface area contributed by atoms with E-state index in [-0.39, 0.29) is 23.6 Å². The smallest absolute Gasteiger partial charge is 0.252 e. The molecule has 0 bridgehead atoms. The fourth-order valence-electron chi connectivity index (χ4n) is 3.39. The highest BCUT2D eigenvalue weighted by Crippen LogP contribution is 2.22. The molecule has 2 amide bonds. The third-order valence-corrected chi connectivity index (χ3v) is 6.36. The van der Waals surface area contributed by atoms with Crippen molar-refractivity contribution in [1.29, 1.82) is 0 Å². The SMILES string of the molecule is CCn1c(SCC(=O)Nc2cccc(C)c2C)nnc1[C@H](C)NC(=O)c1ccccc1C. The number of benzene rings is 2. The lowest BCUT2D eigenvalue weighted by Gasteiger charge is -2.16. The Labute approximate surface area is 193 Å². The maximum atomic E-state index is 12.7. The van der Waals surface area contributed by atoms with Gasteiger partial charge in [0.15, 0.2) is 11.0 Å². The number of thioether (sulfide) groups is 1. The standard InChI is InChI=1S/C24H29N5O2S/c1-6-29-22(18(5)25-23(31)19-12-8-7-10-16(19)3)27-28-24(29)32-14-21(30)26-20-13-9-11-15(2)17(20)4/h7-13,18H,6,14H2,1-5H3,(H,25,31)(H,26,30)/t18-/m0/s1. The van der Waals surface area contributed by atoms with E-state index < -0.39 is 0 Å². The zero-order chi connectivity index (χ0) is 23.3. The highest BCUT2D eigenvalue weighted by molar-refractivity contribution is 7.99. The number of nitrogens with one attached hydrogen (secondary N) is 2. The molecule has 7 nitrogen and oxygen atoms in total. The van der Waals surface area contributed by atoms with Crippen LogP contribution < -0.4 is 10.6 Å². The molecule has 0 aliphatic carbocycles. The van der Waals surface area contributed by atoms with E-state index in [0.717, 1.165) is 22.4 Å². The predicted octanol–water partition coefficient (Wildman–Crippen LogP) is 4.45. The molecular weight excluding hydrogens is 422 g/mol. The molecule has 2 aromatic carbocycles. The number of hydrogen-bond donors (Lipinski definition) is 2. The van der Waals surface area contributed by atoms with Crippen LogP contribution in [0.1, 0.15) is 52.8 Å². The van der Waals surface area contributed by atoms with Crippen molar-refractivity contribution < 1.29 is 9.59 Å². The summed E-state index contributed by atoms with van der Waals surface area (Å²) in [5.41, 5.74) is 4.57. The van der Waals surface area contributed by atoms with Gasteiger partial charge in [-0.2, -0.15) is 0 Å². The van der Waals surface area contributed by atoms with Gasteiger partial charge in [-0.25, -0.2) is 0 Å². The van der Waals surface area contributed by atoms with Gasteiger partial charge in [0.2, 0.25) is 5.91 Å². The number of rotatable bonds is 8. The van der Waals surface area contributed by atoms with Crippen LogP contribution in [-0.4, -0.2) is 32.3 Å². The maximum absolute atomic E-state index is 12.7. The zero-order valence-corrected chi connectivity index (χ0v) is 19.9. The Morgan fingerprint density at radius 2 is 1.75 bits per heavy atom. The number of anilines is 1. The first-order valence-electron chi connectivity index (χ1n) is 10.6. The van der Waals surface area contributed by atoms with E-state index in [1.165, 1.54) is 11.8 Å². The summed E-state index contributed by atoms with van der Waals surface area (Å²) in [6, 6.07) is 13.0. The lowest BCUT2D eigenvalue weighted by molar-refractivity contribution is -0.113. The second-order valence-corrected chi connectivity index (χ2v) is 8.62. The van der Waals surface area contributed by atoms with Crippen molar-refractivity contribution >= 4 is 29.3 Å². The van der Waals surface area contributed by atoms with Crippen LogP contribution in [0.25, 0.3) is 0 Å². The van der Waals surface area contributed by atoms with E-state index >= 15 is 0 Å². The minimum absolute atomic E-state index is 0.100. The molecule has 3 aromatic rings. The van der Waals surface area contributed by atoms with Gasteiger partial charge in [-0.15, -0.1) is 10.2 Å². The summed E-state index contributed by atoms with van der Waals surface area (Å²) >= 11 is 1.33. The molecule has 2 N–H and O–H groups in total. The van der Waals surface area contributed by atoms with Crippen LogP contribution in [0.5, 0.6) is 0 Å². The molecule has 1 atom stereocenters. The van der Waals surface area contributed by atoms with E-state index in [1.54, 1.807) is 6.07 Å². The Kier molecular flexibility index (Phi) is 7.69. The van der Waals surface area contributed by atoms with Gasteiger partial charge in [0.25, 0.3) is 5.91 Å². The van der Waals surface area contributed by atoms with Crippen molar-refractivity contribution in [2.45, 2.75) is 52.4 Å². The van der Waals surface area contributed by atoms with Gasteiger partial charge >= 0.3 is 0 Å². The van der Waals surface area contributed by atoms with E-state index in [4.69, 9.17) is 0 Å². The number of aryl methyl sites for hydroxylation is 2. The van der Waals surface area contributed by atoms with Crippen molar-refractivity contribution in [3.63, 3.8) is 0 Å². The molecule has 0 aliphatic heterocycles. The normalized spacial score (nSPS) is 11.8. The van der Waals surface area contributed by atoms with Gasteiger partial charge in [-0.05, 0) is 63.4 Å². The van der Waals surface area contributed by atoms with Crippen LogP contribution in [-0.2, 0) is 11.3 Å². The van der Waals surface area contributed by atoms with Crippen LogP contribution >= 0.6 is 11.8 Å². The third-order valence-electron chi connectivity index (χ3n) is 5.40. The van der Waals surface area contributed by atoms with Crippen LogP contribution in [0.15, 0.2) is 47.6 Å². The average Bonchev–Trinajstić information content (AvgIpc) is 3.19. The first kappa shape index (κ1) is 23.5. The Bertz CT molecular complexity index is 1130. The lowest BCUT2D eigenvalue weighted by atomic mass is 10.1. The summed E-state index contributed by atoms with van der Waals surface area (Å²) in [6.45, 7) is 10.4. The predicted molar refractivity (Wildman–Crippen MR) is 128 cm³/mol. The van der Waals surface area contributed by atoms with Crippen LogP contribution in [0.2, 0.25) is 0 Å². The topological polar surface area (TPSA) is 88.9 Å². The second-order valence-electron chi connectivity index (χ2n) is 7.68. The van der Waals surface area contributed by atoms with Gasteiger partial charge < -0.3 is 15.2 Å². The minimum atomic E-state index is -0.326. The summed E-state index contributed by atoms with van der Waals surface area (Å²) in [7, 11) is 0. The van der Waals surface area contributed by atoms with E-state index in [9.17, 15) is 9.59 Å². The lowest BCUT2D eigenvalue weighted by Crippen LogP contribution is -2.29. The summed E-state index contributed by atoms with van der Waals surface area (Å²) in [4.78, 5) is 25.1. The molecule has 0 saturated heterocycles. The highest BCUT2D eigenvalue weighted by atomic mass is 32.2. The molecule has 0 spiro atoms. The van der Waals surface area contributed by atoms with E-state index in [0.29, 0.717) is 23.1 Å². The molecular formula is C24H29N5O2S. The first-order chi connectivity index (χ1) is 15.3. The van der Waals surface area contributed by atoms with E-state index in [2.05, 4.69) is 20.8 Å². The van der Waals surface area contributed by atoms with Gasteiger partial charge in [-0.3, -0.25) is 9.59 Å². The van der Waals surface area contributed by atoms with Crippen LogP contribution in [0, 0.1) is 20.8 Å². The van der Waals surface area contributed by atoms with Gasteiger partial charge in [0.05, 0.1) is 11.8 Å². The summed E-state index contributed by atoms with van der Waals surface area (Å²) < 4.78 is 1.93. The largest absolute Gasteiger partial charge is 0.342 e. The molecule has 1 aromatic heterocycles. The molecule has 0 radical (unpaired) electrons. The monoisotopic (exact) mass is 451 g/mol. The molecule has 0 fully saturated rings. The molecule has 0 saturated carbocycles. The molecule has 0 unspecified atom stereocenters. The molecule has 168 valence electrons. The number of carbonyl (C=O) groups is 2. The number of carbonyl (C=O) groups excluding carboxylic acids is 2. The van der Waals surface area contributed by atoms with Crippen LogP contribution in [0.4, 0.5) is 5.69 Å². The Morgan fingerprint density at radius 3 is 2.47 bits per heavy atom. The number of aromatic nitrogens is 3. The number of hydrogen-bond acceptors (Lipinski definition) is 5. The van der Waals surface area contributed by atoms with E-state index in [1.807, 2.05) is 75.6 Å². The number of amides is 2. The van der Waals surface area contributed by atoms with Crippen molar-refractivity contribution in [1.82, 2.24) is 20.1 Å². The Hall–Kier alpha value is -3.13. The van der Waals surface area contributed by atoms with Crippen molar-refractivity contribution in [3.05, 3.63) is 70.5 Å². The highest BCUT2D eigenvalue weighted by Gasteiger charge is 2.21. The quantitative estimate of drug-likeness (QED) is 0.494. The van der Waals surface area contributed by atoms with Gasteiger partial charge in [0, 0.05) is 17.8 Å². The van der Waals surface area contributed by atoms with Crippen molar-refractivity contribution in [3.8, 4) is 0 Å². The molecule has 0 aliphatic rings. The average molecular weight is 452 g/mol. The fourth-order valence-corrected chi connectivity index (χ4v) is 4.20. The molecule has 32 heavy (non-hydrogen) atoms. The first-order valence-corrected chi connectivity index (χ1v) is 11.6. The van der Waals surface area contributed by atoms with Crippen molar-refractivity contribution in [2.24, 2.45) is 0 Å². The Balaban J connectivity index is 1.65. The van der Waals surface area contributed by atoms with Gasteiger partial charge in [-0.1, -0.05) is 42.1 Å². The van der Waals surface area contributed by atoms with Gasteiger partial charge in [0.1, 0.15) is 0 Å². The third kappa shape index (κ3) is 5.37. The zero-order valence-electron chi connectivity index (χ0n) is 19.1. The second kappa shape index (κ2) is 10.5. The molecule has 3 rings (SSSR count). The maximum Gasteiger partial charge on any atom is 0.252 e. The summed E-state index contributed by atoms with van der Waals surface area (Å²) in [5, 5.41) is 15.2. The van der Waals surface area contributed by atoms with Crippen LogP contribution in [0.3, 0.4) is 0 Å². The summed E-state index contributed by atoms with van der Waals surface area (Å²) in [6.07, 6.45) is 0. The fraction of sp³-hybridized carbons (Fsp3) is 0.333. The summed E-state index contributed by atoms with van der Waals surface area (Å²) in [5.74, 6) is 0.627. The molecule has 8 heteroatoms.